The molecule has 0 spiro atoms. The number of benzene rings is 1. The van der Waals surface area contributed by atoms with Crippen LogP contribution < -0.4 is 15.4 Å². The van der Waals surface area contributed by atoms with Gasteiger partial charge in [-0.05, 0) is 18.1 Å². The second-order valence-electron chi connectivity index (χ2n) is 5.12. The largest absolute Gasteiger partial charge is 0.487 e. The summed E-state index contributed by atoms with van der Waals surface area (Å²) >= 11 is 0. The maximum atomic E-state index is 5.90. The SMILES string of the molecule is c1ccc(COc2cnccc2CNC2=NCCCN2)cc1. The molecule has 0 saturated carbocycles. The lowest BCUT2D eigenvalue weighted by atomic mass is 10.2. The van der Waals surface area contributed by atoms with Gasteiger partial charge in [0.1, 0.15) is 12.4 Å². The van der Waals surface area contributed by atoms with Gasteiger partial charge in [0.15, 0.2) is 5.96 Å². The van der Waals surface area contributed by atoms with Gasteiger partial charge in [0.2, 0.25) is 0 Å². The molecule has 2 heterocycles. The van der Waals surface area contributed by atoms with Gasteiger partial charge in [0, 0.05) is 31.4 Å². The van der Waals surface area contributed by atoms with Gasteiger partial charge >= 0.3 is 0 Å². The van der Waals surface area contributed by atoms with E-state index in [9.17, 15) is 0 Å². The summed E-state index contributed by atoms with van der Waals surface area (Å²) in [5.41, 5.74) is 2.21. The third-order valence-corrected chi connectivity index (χ3v) is 3.45. The highest BCUT2D eigenvalue weighted by Crippen LogP contribution is 2.17. The molecule has 0 amide bonds. The summed E-state index contributed by atoms with van der Waals surface area (Å²) in [6.07, 6.45) is 4.63. The molecule has 1 aromatic carbocycles. The fourth-order valence-corrected chi connectivity index (χ4v) is 2.25. The van der Waals surface area contributed by atoms with Crippen LogP contribution in [0.5, 0.6) is 5.75 Å². The Balaban J connectivity index is 1.61. The Morgan fingerprint density at radius 3 is 2.91 bits per heavy atom. The summed E-state index contributed by atoms with van der Waals surface area (Å²) in [6, 6.07) is 12.1. The molecule has 5 heteroatoms. The van der Waals surface area contributed by atoms with Gasteiger partial charge in [-0.3, -0.25) is 9.98 Å². The zero-order valence-electron chi connectivity index (χ0n) is 12.5. The number of guanidine groups is 1. The molecule has 0 unspecified atom stereocenters. The quantitative estimate of drug-likeness (QED) is 0.887. The first-order valence-electron chi connectivity index (χ1n) is 7.53. The van der Waals surface area contributed by atoms with E-state index in [2.05, 4.69) is 32.7 Å². The van der Waals surface area contributed by atoms with E-state index < -0.39 is 0 Å². The third kappa shape index (κ3) is 3.97. The number of nitrogens with one attached hydrogen (secondary N) is 2. The van der Waals surface area contributed by atoms with Gasteiger partial charge in [0.05, 0.1) is 6.20 Å². The Kier molecular flexibility index (Phi) is 4.87. The summed E-state index contributed by atoms with van der Waals surface area (Å²) in [7, 11) is 0. The van der Waals surface area contributed by atoms with Crippen LogP contribution in [-0.4, -0.2) is 24.0 Å². The van der Waals surface area contributed by atoms with Gasteiger partial charge < -0.3 is 15.4 Å². The number of hydrogen-bond donors (Lipinski definition) is 2. The van der Waals surface area contributed by atoms with E-state index in [-0.39, 0.29) is 0 Å². The predicted octanol–water partition coefficient (Wildman–Crippen LogP) is 2.10. The molecule has 3 rings (SSSR count). The first kappa shape index (κ1) is 14.4. The molecule has 1 aliphatic heterocycles. The molecule has 0 aliphatic carbocycles. The van der Waals surface area contributed by atoms with Crippen molar-refractivity contribution in [1.29, 1.82) is 0 Å². The molecule has 1 aliphatic rings. The standard InChI is InChI=1S/C17H20N4O/c1-2-5-14(6-3-1)13-22-16-12-18-10-7-15(16)11-21-17-19-8-4-9-20-17/h1-3,5-7,10,12H,4,8-9,11,13H2,(H2,19,20,21). The summed E-state index contributed by atoms with van der Waals surface area (Å²) in [5, 5.41) is 6.56. The summed E-state index contributed by atoms with van der Waals surface area (Å²) in [5.74, 6) is 1.66. The maximum absolute atomic E-state index is 5.90. The molecule has 2 aromatic rings. The molecule has 22 heavy (non-hydrogen) atoms. The van der Waals surface area contributed by atoms with Crippen LogP contribution in [-0.2, 0) is 13.2 Å². The van der Waals surface area contributed by atoms with E-state index in [0.29, 0.717) is 13.2 Å². The van der Waals surface area contributed by atoms with Crippen molar-refractivity contribution in [3.8, 4) is 5.75 Å². The molecule has 114 valence electrons. The first-order chi connectivity index (χ1) is 10.9. The Bertz CT molecular complexity index is 628. The molecule has 0 radical (unpaired) electrons. The van der Waals surface area contributed by atoms with Gasteiger partial charge in [-0.25, -0.2) is 0 Å². The normalized spacial score (nSPS) is 13.9. The van der Waals surface area contributed by atoms with Crippen molar-refractivity contribution in [3.05, 3.63) is 59.9 Å². The average Bonchev–Trinajstić information content (AvgIpc) is 2.61. The smallest absolute Gasteiger partial charge is 0.191 e. The van der Waals surface area contributed by atoms with Crippen LogP contribution >= 0.6 is 0 Å². The lowest BCUT2D eigenvalue weighted by Crippen LogP contribution is -2.40. The first-order valence-corrected chi connectivity index (χ1v) is 7.53. The minimum absolute atomic E-state index is 0.540. The highest BCUT2D eigenvalue weighted by molar-refractivity contribution is 5.80. The van der Waals surface area contributed by atoms with Crippen molar-refractivity contribution in [2.75, 3.05) is 13.1 Å². The summed E-state index contributed by atoms with van der Waals surface area (Å²) in [4.78, 5) is 8.56. The van der Waals surface area contributed by atoms with E-state index in [1.165, 1.54) is 0 Å². The van der Waals surface area contributed by atoms with Crippen LogP contribution in [0.1, 0.15) is 17.5 Å². The number of pyridine rings is 1. The molecule has 1 aromatic heterocycles. The van der Waals surface area contributed by atoms with Crippen LogP contribution in [0.4, 0.5) is 0 Å². The van der Waals surface area contributed by atoms with E-state index in [4.69, 9.17) is 4.74 Å². The van der Waals surface area contributed by atoms with Gasteiger partial charge in [0.25, 0.3) is 0 Å². The molecular weight excluding hydrogens is 276 g/mol. The number of aliphatic imine (C=N–C) groups is 1. The van der Waals surface area contributed by atoms with Crippen LogP contribution in [0.15, 0.2) is 53.8 Å². The van der Waals surface area contributed by atoms with Crippen molar-refractivity contribution < 1.29 is 4.74 Å². The van der Waals surface area contributed by atoms with E-state index >= 15 is 0 Å². The van der Waals surface area contributed by atoms with Gasteiger partial charge in [-0.15, -0.1) is 0 Å². The summed E-state index contributed by atoms with van der Waals surface area (Å²) < 4.78 is 5.90. The van der Waals surface area contributed by atoms with Crippen LogP contribution in [0.3, 0.4) is 0 Å². The minimum atomic E-state index is 0.540. The van der Waals surface area contributed by atoms with Crippen LogP contribution in [0, 0.1) is 0 Å². The zero-order chi connectivity index (χ0) is 15.0. The molecule has 5 nitrogen and oxygen atoms in total. The lowest BCUT2D eigenvalue weighted by molar-refractivity contribution is 0.301. The van der Waals surface area contributed by atoms with E-state index in [0.717, 1.165) is 42.3 Å². The fourth-order valence-electron chi connectivity index (χ4n) is 2.25. The Hall–Kier alpha value is -2.56. The monoisotopic (exact) mass is 296 g/mol. The fraction of sp³-hybridized carbons (Fsp3) is 0.294. The van der Waals surface area contributed by atoms with Crippen LogP contribution in [0.25, 0.3) is 0 Å². The number of nitrogens with zero attached hydrogens (tertiary/aromatic N) is 2. The van der Waals surface area contributed by atoms with Crippen molar-refractivity contribution in [3.63, 3.8) is 0 Å². The number of ether oxygens (including phenoxy) is 1. The Morgan fingerprint density at radius 1 is 1.18 bits per heavy atom. The second-order valence-corrected chi connectivity index (χ2v) is 5.12. The van der Waals surface area contributed by atoms with Crippen molar-refractivity contribution >= 4 is 5.96 Å². The van der Waals surface area contributed by atoms with Crippen molar-refractivity contribution in [2.45, 2.75) is 19.6 Å². The number of hydrogen-bond acceptors (Lipinski definition) is 5. The highest BCUT2D eigenvalue weighted by atomic mass is 16.5. The molecule has 0 saturated heterocycles. The van der Waals surface area contributed by atoms with Gasteiger partial charge in [-0.2, -0.15) is 0 Å². The molecule has 0 fully saturated rings. The number of aromatic nitrogens is 1. The minimum Gasteiger partial charge on any atom is -0.487 e. The predicted molar refractivity (Wildman–Crippen MR) is 86.8 cm³/mol. The highest BCUT2D eigenvalue weighted by Gasteiger charge is 2.07. The summed E-state index contributed by atoms with van der Waals surface area (Å²) in [6.45, 7) is 3.06. The second kappa shape index (κ2) is 7.45. The van der Waals surface area contributed by atoms with Gasteiger partial charge in [-0.1, -0.05) is 30.3 Å². The Labute approximate surface area is 130 Å². The molecule has 0 atom stereocenters. The number of rotatable bonds is 5. The van der Waals surface area contributed by atoms with Crippen molar-refractivity contribution in [1.82, 2.24) is 15.6 Å². The lowest BCUT2D eigenvalue weighted by Gasteiger charge is -2.17. The van der Waals surface area contributed by atoms with E-state index in [1.54, 1.807) is 12.4 Å². The van der Waals surface area contributed by atoms with Crippen LogP contribution in [0.2, 0.25) is 0 Å². The third-order valence-electron chi connectivity index (χ3n) is 3.45. The molecular formula is C17H20N4O. The van der Waals surface area contributed by atoms with E-state index in [1.807, 2.05) is 24.3 Å². The average molecular weight is 296 g/mol. The Morgan fingerprint density at radius 2 is 2.09 bits per heavy atom. The maximum Gasteiger partial charge on any atom is 0.191 e. The molecule has 2 N–H and O–H groups in total. The van der Waals surface area contributed by atoms with Crippen molar-refractivity contribution in [2.24, 2.45) is 4.99 Å². The topological polar surface area (TPSA) is 58.5 Å². The molecule has 0 bridgehead atoms. The zero-order valence-corrected chi connectivity index (χ0v) is 12.5.